The van der Waals surface area contributed by atoms with Crippen LogP contribution in [0.1, 0.15) is 85.5 Å². The van der Waals surface area contributed by atoms with E-state index in [2.05, 4.69) is 59.8 Å². The van der Waals surface area contributed by atoms with Gasteiger partial charge in [0.25, 0.3) is 17.7 Å². The second-order valence-electron chi connectivity index (χ2n) is 16.9. The Morgan fingerprint density at radius 2 is 0.857 bits per heavy atom. The largest absolute Gasteiger partial charge is 0.480 e. The molecule has 0 radical (unpaired) electrons. The SMILES string of the molecule is CC(C)(C)OC(=O)NC(CC(=O)NCCOCCOCCNC(=O)c1cc(NC(=O)c2ccc(I)cc2)cc(C(=O)NCCOCCOCCNC(=O)CC(NC(=O)OC(C)(C)C)C(=O)O)c1)C(=O)O. The van der Waals surface area contributed by atoms with Crippen molar-refractivity contribution in [1.82, 2.24) is 31.9 Å². The normalized spacial score (nSPS) is 12.0. The Bertz CT molecular complexity index is 1970. The van der Waals surface area contributed by atoms with E-state index in [-0.39, 0.29) is 95.8 Å². The maximum Gasteiger partial charge on any atom is 0.408 e. The Labute approximate surface area is 418 Å². The monoisotopic (exact) mass is 1100 g/mol. The number of rotatable bonds is 30. The molecule has 25 heteroatoms. The fourth-order valence-corrected chi connectivity index (χ4v) is 5.79. The van der Waals surface area contributed by atoms with E-state index in [1.807, 2.05) is 0 Å². The Hall–Kier alpha value is -6.16. The van der Waals surface area contributed by atoms with Gasteiger partial charge in [0.05, 0.1) is 65.7 Å². The molecule has 70 heavy (non-hydrogen) atoms. The van der Waals surface area contributed by atoms with Crippen molar-refractivity contribution in [2.24, 2.45) is 0 Å². The number of hydrogen-bond donors (Lipinski definition) is 9. The molecular formula is C45H64IN7O17. The molecule has 0 bridgehead atoms. The van der Waals surface area contributed by atoms with Crippen LogP contribution in [-0.2, 0) is 47.6 Å². The Kier molecular flexibility index (Phi) is 26.7. The maximum atomic E-state index is 13.2. The summed E-state index contributed by atoms with van der Waals surface area (Å²) in [6.07, 6.45) is -2.96. The molecule has 2 aromatic carbocycles. The van der Waals surface area contributed by atoms with Gasteiger partial charge in [-0.2, -0.15) is 0 Å². The van der Waals surface area contributed by atoms with Crippen LogP contribution >= 0.6 is 22.6 Å². The molecule has 0 fully saturated rings. The average Bonchev–Trinajstić information content (AvgIpc) is 3.25. The van der Waals surface area contributed by atoms with Gasteiger partial charge in [-0.1, -0.05) is 0 Å². The van der Waals surface area contributed by atoms with E-state index >= 15 is 0 Å². The van der Waals surface area contributed by atoms with Gasteiger partial charge in [-0.25, -0.2) is 19.2 Å². The smallest absolute Gasteiger partial charge is 0.408 e. The number of carboxylic acids is 2. The van der Waals surface area contributed by atoms with E-state index in [9.17, 15) is 53.4 Å². The van der Waals surface area contributed by atoms with Crippen LogP contribution in [0.25, 0.3) is 0 Å². The number of ether oxygens (including phenoxy) is 6. The molecule has 0 aliphatic heterocycles. The maximum absolute atomic E-state index is 13.2. The predicted molar refractivity (Wildman–Crippen MR) is 258 cm³/mol. The highest BCUT2D eigenvalue weighted by atomic mass is 127. The number of amides is 7. The zero-order chi connectivity index (χ0) is 52.3. The molecule has 24 nitrogen and oxygen atoms in total. The van der Waals surface area contributed by atoms with Crippen LogP contribution in [0.15, 0.2) is 42.5 Å². The van der Waals surface area contributed by atoms with Crippen molar-refractivity contribution in [2.45, 2.75) is 77.7 Å². The molecule has 0 heterocycles. The van der Waals surface area contributed by atoms with Gasteiger partial charge >= 0.3 is 24.1 Å². The number of alkyl carbamates (subject to hydrolysis) is 2. The summed E-state index contributed by atoms with van der Waals surface area (Å²) < 4.78 is 32.8. The van der Waals surface area contributed by atoms with Gasteiger partial charge in [-0.05, 0) is 107 Å². The average molecular weight is 1100 g/mol. The van der Waals surface area contributed by atoms with Gasteiger partial charge in [-0.3, -0.25) is 24.0 Å². The van der Waals surface area contributed by atoms with Gasteiger partial charge in [-0.15, -0.1) is 0 Å². The Morgan fingerprint density at radius 3 is 1.20 bits per heavy atom. The lowest BCUT2D eigenvalue weighted by Gasteiger charge is -2.21. The molecular weight excluding hydrogens is 1040 g/mol. The molecule has 9 N–H and O–H groups in total. The van der Waals surface area contributed by atoms with Crippen LogP contribution in [0.3, 0.4) is 0 Å². The van der Waals surface area contributed by atoms with Crippen LogP contribution in [0, 0.1) is 3.57 Å². The van der Waals surface area contributed by atoms with Gasteiger partial charge in [0.2, 0.25) is 11.8 Å². The molecule has 0 aliphatic rings. The molecule has 0 saturated heterocycles. The van der Waals surface area contributed by atoms with Crippen LogP contribution in [0.2, 0.25) is 0 Å². The molecule has 2 aromatic rings. The number of carbonyl (C=O) groups excluding carboxylic acids is 7. The third-order valence-electron chi connectivity index (χ3n) is 8.52. The van der Waals surface area contributed by atoms with Gasteiger partial charge in [0.15, 0.2) is 0 Å². The van der Waals surface area contributed by atoms with E-state index in [0.29, 0.717) is 5.56 Å². The third-order valence-corrected chi connectivity index (χ3v) is 9.24. The van der Waals surface area contributed by atoms with Crippen LogP contribution in [0.4, 0.5) is 15.3 Å². The van der Waals surface area contributed by atoms with E-state index < -0.39 is 89.8 Å². The summed E-state index contributed by atoms with van der Waals surface area (Å²) in [5.74, 6) is -5.61. The molecule has 388 valence electrons. The molecule has 0 aromatic heterocycles. The first-order chi connectivity index (χ1) is 32.9. The molecule has 7 amide bonds. The van der Waals surface area contributed by atoms with E-state index in [1.165, 1.54) is 18.2 Å². The number of aliphatic carboxylic acids is 2. The van der Waals surface area contributed by atoms with E-state index in [4.69, 9.17) is 28.4 Å². The molecule has 0 saturated carbocycles. The number of hydrogen-bond acceptors (Lipinski definition) is 15. The molecule has 0 aliphatic carbocycles. The second-order valence-corrected chi connectivity index (χ2v) is 18.1. The Balaban J connectivity index is 1.77. The Morgan fingerprint density at radius 1 is 0.500 bits per heavy atom. The number of carboxylic acid groups (broad SMARTS) is 2. The number of carbonyl (C=O) groups is 9. The first-order valence-corrected chi connectivity index (χ1v) is 23.1. The number of nitrogens with one attached hydrogen (secondary N) is 7. The number of anilines is 1. The van der Waals surface area contributed by atoms with Crippen molar-refractivity contribution in [3.63, 3.8) is 0 Å². The summed E-state index contributed by atoms with van der Waals surface area (Å²) in [6, 6.07) is 8.03. The van der Waals surface area contributed by atoms with Crippen LogP contribution in [0.5, 0.6) is 0 Å². The molecule has 2 unspecified atom stereocenters. The van der Waals surface area contributed by atoms with Crippen LogP contribution in [-0.4, -0.2) is 166 Å². The summed E-state index contributed by atoms with van der Waals surface area (Å²) in [5, 5.41) is 36.2. The minimum Gasteiger partial charge on any atom is -0.480 e. The van der Waals surface area contributed by atoms with E-state index in [0.717, 1.165) is 3.57 Å². The number of halogens is 1. The zero-order valence-corrected chi connectivity index (χ0v) is 42.1. The molecule has 0 spiro atoms. The van der Waals surface area contributed by atoms with E-state index in [1.54, 1.807) is 65.8 Å². The first-order valence-electron chi connectivity index (χ1n) is 22.0. The highest BCUT2D eigenvalue weighted by Crippen LogP contribution is 2.18. The van der Waals surface area contributed by atoms with Crippen molar-refractivity contribution >= 4 is 81.9 Å². The second kappa shape index (κ2) is 31.1. The molecule has 2 rings (SSSR count). The van der Waals surface area contributed by atoms with Crippen molar-refractivity contribution in [3.8, 4) is 0 Å². The fourth-order valence-electron chi connectivity index (χ4n) is 5.43. The minimum absolute atomic E-state index is 0.0653. The number of benzene rings is 2. The van der Waals surface area contributed by atoms with Gasteiger partial charge < -0.3 is 75.9 Å². The highest BCUT2D eigenvalue weighted by Gasteiger charge is 2.27. The topological polar surface area (TPSA) is 334 Å². The van der Waals surface area contributed by atoms with Gasteiger partial charge in [0.1, 0.15) is 23.3 Å². The lowest BCUT2D eigenvalue weighted by atomic mass is 10.1. The summed E-state index contributed by atoms with van der Waals surface area (Å²) in [6.45, 7) is 10.9. The summed E-state index contributed by atoms with van der Waals surface area (Å²) in [7, 11) is 0. The van der Waals surface area contributed by atoms with Gasteiger partial charge in [0, 0.05) is 52.1 Å². The van der Waals surface area contributed by atoms with Crippen molar-refractivity contribution in [2.75, 3.05) is 84.4 Å². The molecule has 2 atom stereocenters. The third kappa shape index (κ3) is 27.1. The summed E-state index contributed by atoms with van der Waals surface area (Å²) in [5.41, 5.74) is -0.996. The fraction of sp³-hybridized carbons (Fsp3) is 0.533. The lowest BCUT2D eigenvalue weighted by Crippen LogP contribution is -2.46. The van der Waals surface area contributed by atoms with Crippen molar-refractivity contribution < 1.29 is 81.8 Å². The first kappa shape index (κ1) is 60.0. The van der Waals surface area contributed by atoms with Crippen molar-refractivity contribution in [1.29, 1.82) is 0 Å². The minimum atomic E-state index is -1.49. The van der Waals surface area contributed by atoms with Crippen LogP contribution < -0.4 is 37.2 Å². The summed E-state index contributed by atoms with van der Waals surface area (Å²) in [4.78, 5) is 111. The summed E-state index contributed by atoms with van der Waals surface area (Å²) >= 11 is 2.11. The lowest BCUT2D eigenvalue weighted by molar-refractivity contribution is -0.141. The quantitative estimate of drug-likeness (QED) is 0.0399. The standard InChI is InChI=1S/C45H64IN7O17/c1-44(2,3)69-42(63)52-33(40(59)60)26-35(54)47-11-15-65-19-21-67-17-13-49-37(56)29-23-30(25-32(24-29)51-39(58)28-7-9-31(46)10-8-28)38(57)50-14-18-68-22-20-66-16-12-48-36(55)27-34(41(61)62)53-43(64)70-45(4,5)6/h7-10,23-25,33-34H,11-22,26-27H2,1-6H3,(H,47,54)(H,48,55)(H,49,56)(H,50,57)(H,51,58)(H,52,63)(H,53,64)(H,59,60)(H,61,62). The highest BCUT2D eigenvalue weighted by molar-refractivity contribution is 14.1. The predicted octanol–water partition coefficient (Wildman–Crippen LogP) is 2.04. The van der Waals surface area contributed by atoms with Crippen molar-refractivity contribution in [3.05, 3.63) is 62.7 Å². The zero-order valence-electron chi connectivity index (χ0n) is 40.0.